The molecule has 0 aromatic heterocycles. The molecule has 19 heavy (non-hydrogen) atoms. The number of ether oxygens (including phenoxy) is 1. The van der Waals surface area contributed by atoms with Crippen LogP contribution in [0.15, 0.2) is 29.2 Å². The molecule has 0 aliphatic rings. The van der Waals surface area contributed by atoms with Crippen molar-refractivity contribution in [2.24, 2.45) is 0 Å². The van der Waals surface area contributed by atoms with E-state index in [4.69, 9.17) is 4.74 Å². The fraction of sp³-hybridized carbons (Fsp3) is 0.538. The van der Waals surface area contributed by atoms with Crippen LogP contribution in [0.5, 0.6) is 0 Å². The van der Waals surface area contributed by atoms with Crippen molar-refractivity contribution in [3.63, 3.8) is 0 Å². The quantitative estimate of drug-likeness (QED) is 0.710. The van der Waals surface area contributed by atoms with Gasteiger partial charge in [-0.15, -0.1) is 0 Å². The highest BCUT2D eigenvalue weighted by atomic mass is 32.2. The zero-order valence-electron chi connectivity index (χ0n) is 11.1. The molecule has 6 heteroatoms. The highest BCUT2D eigenvalue weighted by molar-refractivity contribution is 7.89. The van der Waals surface area contributed by atoms with Crippen LogP contribution in [0.2, 0.25) is 0 Å². The van der Waals surface area contributed by atoms with Gasteiger partial charge in [0.15, 0.2) is 0 Å². The summed E-state index contributed by atoms with van der Waals surface area (Å²) in [4.78, 5) is 0.0702. The van der Waals surface area contributed by atoms with Crippen LogP contribution < -0.4 is 4.72 Å². The summed E-state index contributed by atoms with van der Waals surface area (Å²) in [5.41, 5.74) is 0. The first-order chi connectivity index (χ1) is 9.06. The molecule has 0 spiro atoms. The average molecular weight is 289 g/mol. The number of hydrogen-bond donors (Lipinski definition) is 1. The number of rotatable bonds is 9. The maximum absolute atomic E-state index is 12.7. The molecular formula is C13H20FNO3S. The Morgan fingerprint density at radius 1 is 1.16 bits per heavy atom. The van der Waals surface area contributed by atoms with Gasteiger partial charge in [0, 0.05) is 19.8 Å². The van der Waals surface area contributed by atoms with Crippen LogP contribution >= 0.6 is 0 Å². The smallest absolute Gasteiger partial charge is 0.240 e. The zero-order chi connectivity index (χ0) is 14.1. The highest BCUT2D eigenvalue weighted by Crippen LogP contribution is 2.09. The second-order valence-corrected chi connectivity index (χ2v) is 5.94. The molecular weight excluding hydrogens is 269 g/mol. The van der Waals surface area contributed by atoms with Gasteiger partial charge in [0.2, 0.25) is 10.0 Å². The Labute approximate surface area is 114 Å². The second-order valence-electron chi connectivity index (χ2n) is 4.17. The number of hydrogen-bond acceptors (Lipinski definition) is 3. The van der Waals surface area contributed by atoms with Crippen molar-refractivity contribution in [3.8, 4) is 0 Å². The number of halogens is 1. The maximum atomic E-state index is 12.7. The fourth-order valence-corrected chi connectivity index (χ4v) is 2.50. The van der Waals surface area contributed by atoms with E-state index in [1.807, 2.05) is 0 Å². The Kier molecular flexibility index (Phi) is 6.97. The molecule has 0 aliphatic heterocycles. The Morgan fingerprint density at radius 3 is 2.42 bits per heavy atom. The molecule has 0 amide bonds. The lowest BCUT2D eigenvalue weighted by Gasteiger charge is -2.07. The molecule has 0 radical (unpaired) electrons. The maximum Gasteiger partial charge on any atom is 0.240 e. The van der Waals surface area contributed by atoms with E-state index in [-0.39, 0.29) is 4.90 Å². The van der Waals surface area contributed by atoms with E-state index in [1.54, 1.807) is 0 Å². The molecule has 1 N–H and O–H groups in total. The van der Waals surface area contributed by atoms with E-state index in [9.17, 15) is 12.8 Å². The minimum absolute atomic E-state index is 0.0702. The third kappa shape index (κ3) is 6.13. The van der Waals surface area contributed by atoms with Gasteiger partial charge in [-0.05, 0) is 37.1 Å². The van der Waals surface area contributed by atoms with Crippen LogP contribution in [0.25, 0.3) is 0 Å². The standard InChI is InChI=1S/C13H20FNO3S/c1-2-3-10-18-11-4-9-15-19(16,17)13-7-5-12(14)6-8-13/h5-8,15H,2-4,9-11H2,1H3. The summed E-state index contributed by atoms with van der Waals surface area (Å²) in [6.45, 7) is 3.64. The van der Waals surface area contributed by atoms with Gasteiger partial charge < -0.3 is 4.74 Å². The zero-order valence-corrected chi connectivity index (χ0v) is 11.9. The molecule has 0 fully saturated rings. The SMILES string of the molecule is CCCCOCCCNS(=O)(=O)c1ccc(F)cc1. The van der Waals surface area contributed by atoms with Gasteiger partial charge in [-0.1, -0.05) is 13.3 Å². The summed E-state index contributed by atoms with van der Waals surface area (Å²) in [7, 11) is -3.55. The molecule has 1 rings (SSSR count). The van der Waals surface area contributed by atoms with Crippen molar-refractivity contribution in [3.05, 3.63) is 30.1 Å². The molecule has 108 valence electrons. The van der Waals surface area contributed by atoms with Gasteiger partial charge in [-0.25, -0.2) is 17.5 Å². The van der Waals surface area contributed by atoms with Crippen molar-refractivity contribution < 1.29 is 17.5 Å². The van der Waals surface area contributed by atoms with Crippen molar-refractivity contribution >= 4 is 10.0 Å². The Morgan fingerprint density at radius 2 is 1.79 bits per heavy atom. The summed E-state index contributed by atoms with van der Waals surface area (Å²) < 4.78 is 44.1. The molecule has 0 saturated heterocycles. The Bertz CT molecular complexity index is 459. The van der Waals surface area contributed by atoms with Crippen molar-refractivity contribution in [1.29, 1.82) is 0 Å². The van der Waals surface area contributed by atoms with Crippen LogP contribution in [0.1, 0.15) is 26.2 Å². The normalized spacial score (nSPS) is 11.7. The van der Waals surface area contributed by atoms with Crippen LogP contribution in [0.3, 0.4) is 0 Å². The van der Waals surface area contributed by atoms with Crippen LogP contribution in [0.4, 0.5) is 4.39 Å². The van der Waals surface area contributed by atoms with Crippen molar-refractivity contribution in [2.45, 2.75) is 31.1 Å². The van der Waals surface area contributed by atoms with E-state index >= 15 is 0 Å². The lowest BCUT2D eigenvalue weighted by Crippen LogP contribution is -2.25. The number of sulfonamides is 1. The largest absolute Gasteiger partial charge is 0.381 e. The first-order valence-corrected chi connectivity index (χ1v) is 7.87. The topological polar surface area (TPSA) is 55.4 Å². The van der Waals surface area contributed by atoms with E-state index in [1.165, 1.54) is 12.1 Å². The lowest BCUT2D eigenvalue weighted by molar-refractivity contribution is 0.130. The van der Waals surface area contributed by atoms with E-state index in [2.05, 4.69) is 11.6 Å². The third-order valence-electron chi connectivity index (χ3n) is 2.52. The molecule has 0 atom stereocenters. The molecule has 0 unspecified atom stereocenters. The molecule has 1 aromatic carbocycles. The van der Waals surface area contributed by atoms with Crippen LogP contribution in [-0.4, -0.2) is 28.2 Å². The van der Waals surface area contributed by atoms with Gasteiger partial charge in [0.25, 0.3) is 0 Å². The predicted octanol–water partition coefficient (Wildman–Crippen LogP) is 2.31. The van der Waals surface area contributed by atoms with E-state index in [0.29, 0.717) is 26.2 Å². The molecule has 0 saturated carbocycles. The number of unbranched alkanes of at least 4 members (excludes halogenated alkanes) is 1. The minimum atomic E-state index is -3.55. The summed E-state index contributed by atoms with van der Waals surface area (Å²) in [6, 6.07) is 4.75. The van der Waals surface area contributed by atoms with Gasteiger partial charge in [0.1, 0.15) is 5.82 Å². The van der Waals surface area contributed by atoms with Gasteiger partial charge in [-0.2, -0.15) is 0 Å². The molecule has 0 bridgehead atoms. The summed E-state index contributed by atoms with van der Waals surface area (Å²) in [5.74, 6) is -0.455. The van der Waals surface area contributed by atoms with E-state index < -0.39 is 15.8 Å². The predicted molar refractivity (Wildman–Crippen MR) is 71.9 cm³/mol. The number of benzene rings is 1. The summed E-state index contributed by atoms with van der Waals surface area (Å²) in [6.07, 6.45) is 2.71. The molecule has 1 aromatic rings. The van der Waals surface area contributed by atoms with Crippen molar-refractivity contribution in [1.82, 2.24) is 4.72 Å². The first kappa shape index (κ1) is 16.1. The Hall–Kier alpha value is -0.980. The van der Waals surface area contributed by atoms with Gasteiger partial charge in [-0.3, -0.25) is 0 Å². The average Bonchev–Trinajstić information content (AvgIpc) is 2.38. The second kappa shape index (κ2) is 8.24. The lowest BCUT2D eigenvalue weighted by atomic mass is 10.4. The minimum Gasteiger partial charge on any atom is -0.381 e. The van der Waals surface area contributed by atoms with Crippen molar-refractivity contribution in [2.75, 3.05) is 19.8 Å². The molecule has 0 heterocycles. The van der Waals surface area contributed by atoms with E-state index in [0.717, 1.165) is 25.0 Å². The fourth-order valence-electron chi connectivity index (χ4n) is 1.43. The van der Waals surface area contributed by atoms with Crippen LogP contribution in [-0.2, 0) is 14.8 Å². The molecule has 4 nitrogen and oxygen atoms in total. The highest BCUT2D eigenvalue weighted by Gasteiger charge is 2.12. The van der Waals surface area contributed by atoms with Gasteiger partial charge in [0.05, 0.1) is 4.90 Å². The Balaban J connectivity index is 2.29. The van der Waals surface area contributed by atoms with Crippen LogP contribution in [0, 0.1) is 5.82 Å². The third-order valence-corrected chi connectivity index (χ3v) is 4.00. The van der Waals surface area contributed by atoms with Gasteiger partial charge >= 0.3 is 0 Å². The summed E-state index contributed by atoms with van der Waals surface area (Å²) >= 11 is 0. The first-order valence-electron chi connectivity index (χ1n) is 6.39. The monoisotopic (exact) mass is 289 g/mol. The number of nitrogens with one attached hydrogen (secondary N) is 1. The molecule has 0 aliphatic carbocycles. The summed E-state index contributed by atoms with van der Waals surface area (Å²) in [5, 5.41) is 0.